The van der Waals surface area contributed by atoms with Crippen LogP contribution >= 0.6 is 11.9 Å². The largest absolute Gasteiger partial charge is 0.465 e. The summed E-state index contributed by atoms with van der Waals surface area (Å²) < 4.78 is 7.02. The maximum Gasteiger partial charge on any atom is 0.404 e. The number of nitrogens with one attached hydrogen (secondary N) is 1. The third-order valence-corrected chi connectivity index (χ3v) is 6.01. The van der Waals surface area contributed by atoms with Gasteiger partial charge in [-0.2, -0.15) is 0 Å². The van der Waals surface area contributed by atoms with E-state index in [9.17, 15) is 15.0 Å². The Morgan fingerprint density at radius 3 is 2.24 bits per heavy atom. The number of anilines is 1. The molecule has 182 valence electrons. The monoisotopic (exact) mass is 475 g/mol. The number of nitrogen functional groups attached to an aromatic ring is 1. The van der Waals surface area contributed by atoms with Crippen molar-refractivity contribution in [3.63, 3.8) is 0 Å². The molecular weight excluding hydrogens is 438 g/mol. The van der Waals surface area contributed by atoms with E-state index in [-0.39, 0.29) is 0 Å². The minimum absolute atomic E-state index is 0.338. The maximum atomic E-state index is 11.2. The third kappa shape index (κ3) is 11.4. The molecule has 3 rings (SSSR count). The lowest BCUT2D eigenvalue weighted by Gasteiger charge is -2.30. The zero-order valence-corrected chi connectivity index (χ0v) is 20.3. The maximum absolute atomic E-state index is 11.2. The summed E-state index contributed by atoms with van der Waals surface area (Å²) in [6, 6.07) is 16.6. The highest BCUT2D eigenvalue weighted by atomic mass is 32.2. The molecule has 1 amide bonds. The van der Waals surface area contributed by atoms with E-state index in [1.165, 1.54) is 24.8 Å². The van der Waals surface area contributed by atoms with Crippen molar-refractivity contribution < 1.29 is 19.7 Å². The first-order valence-corrected chi connectivity index (χ1v) is 12.2. The molecule has 2 aromatic carbocycles. The van der Waals surface area contributed by atoms with Gasteiger partial charge in [0.1, 0.15) is 0 Å². The van der Waals surface area contributed by atoms with Crippen LogP contribution in [-0.2, 0) is 11.2 Å². The quantitative estimate of drug-likeness (QED) is 0.300. The van der Waals surface area contributed by atoms with Crippen molar-refractivity contribution >= 4 is 23.7 Å². The minimum atomic E-state index is -1.14. The highest BCUT2D eigenvalue weighted by Gasteiger charge is 2.25. The summed E-state index contributed by atoms with van der Waals surface area (Å²) in [4.78, 5) is 12.3. The first-order valence-electron chi connectivity index (χ1n) is 11.4. The van der Waals surface area contributed by atoms with Crippen LogP contribution in [0.3, 0.4) is 0 Å². The highest BCUT2D eigenvalue weighted by molar-refractivity contribution is 7.97. The van der Waals surface area contributed by atoms with Crippen molar-refractivity contribution in [2.75, 3.05) is 32.0 Å². The van der Waals surface area contributed by atoms with Crippen molar-refractivity contribution in [1.29, 1.82) is 0 Å². The fraction of sp³-hybridized carbons (Fsp3) is 0.480. The molecule has 0 aliphatic carbocycles. The zero-order valence-electron chi connectivity index (χ0n) is 19.5. The topological polar surface area (TPSA) is 108 Å². The van der Waals surface area contributed by atoms with Crippen LogP contribution in [0, 0.1) is 5.92 Å². The zero-order chi connectivity index (χ0) is 24.1. The predicted octanol–water partition coefficient (Wildman–Crippen LogP) is 4.27. The third-order valence-electron chi connectivity index (χ3n) is 4.97. The molecule has 1 fully saturated rings. The van der Waals surface area contributed by atoms with Gasteiger partial charge in [-0.15, -0.1) is 0 Å². The summed E-state index contributed by atoms with van der Waals surface area (Å²) in [6.45, 7) is 7.32. The van der Waals surface area contributed by atoms with Gasteiger partial charge in [-0.3, -0.25) is 0 Å². The Morgan fingerprint density at radius 1 is 1.09 bits per heavy atom. The number of benzene rings is 2. The number of hydrogen-bond donors (Lipinski definition) is 4. The predicted molar refractivity (Wildman–Crippen MR) is 134 cm³/mol. The Hall–Kier alpha value is -2.26. The van der Waals surface area contributed by atoms with E-state index in [2.05, 4.69) is 23.5 Å². The molecule has 0 saturated carbocycles. The van der Waals surface area contributed by atoms with Crippen LogP contribution in [0.25, 0.3) is 0 Å². The number of nitrogens with zero attached hydrogens (tertiary/aromatic N) is 1. The van der Waals surface area contributed by atoms with Crippen LogP contribution in [-0.4, -0.2) is 59.1 Å². The molecule has 33 heavy (non-hydrogen) atoms. The average Bonchev–Trinajstić information content (AvgIpc) is 3.35. The molecule has 7 nitrogen and oxygen atoms in total. The van der Waals surface area contributed by atoms with Crippen LogP contribution < -0.4 is 11.1 Å². The molecule has 1 saturated heterocycles. The second-order valence-corrected chi connectivity index (χ2v) is 9.70. The lowest BCUT2D eigenvalue weighted by atomic mass is 10.0. The SMILES string of the molecule is C1CCOC1.CC(C)CN(CC(O)C(Cc1ccccc1)NC(=O)O)Sc1ccc(N)cc1. The smallest absolute Gasteiger partial charge is 0.404 e. The van der Waals surface area contributed by atoms with Crippen LogP contribution in [0.4, 0.5) is 10.5 Å². The molecule has 1 aliphatic heterocycles. The van der Waals surface area contributed by atoms with E-state index >= 15 is 0 Å². The summed E-state index contributed by atoms with van der Waals surface area (Å²) >= 11 is 1.54. The number of nitrogens with two attached hydrogens (primary N) is 1. The van der Waals surface area contributed by atoms with E-state index in [0.717, 1.165) is 30.2 Å². The Labute approximate surface area is 201 Å². The van der Waals surface area contributed by atoms with E-state index in [1.807, 2.05) is 54.6 Å². The number of rotatable bonds is 10. The van der Waals surface area contributed by atoms with Gasteiger partial charge in [-0.25, -0.2) is 9.10 Å². The molecule has 0 spiro atoms. The van der Waals surface area contributed by atoms with Crippen molar-refractivity contribution in [2.45, 2.75) is 50.2 Å². The fourth-order valence-corrected chi connectivity index (χ4v) is 4.55. The second-order valence-electron chi connectivity index (χ2n) is 8.53. The molecule has 2 aromatic rings. The van der Waals surface area contributed by atoms with Crippen molar-refractivity contribution in [1.82, 2.24) is 9.62 Å². The van der Waals surface area contributed by atoms with Gasteiger partial charge in [0, 0.05) is 36.9 Å². The normalized spacial score (nSPS) is 15.1. The van der Waals surface area contributed by atoms with Gasteiger partial charge >= 0.3 is 6.09 Å². The van der Waals surface area contributed by atoms with Crippen molar-refractivity contribution in [3.05, 3.63) is 60.2 Å². The summed E-state index contributed by atoms with van der Waals surface area (Å²) in [5.41, 5.74) is 7.43. The van der Waals surface area contributed by atoms with Crippen LogP contribution in [0.15, 0.2) is 59.5 Å². The van der Waals surface area contributed by atoms with Gasteiger partial charge in [0.25, 0.3) is 0 Å². The molecule has 5 N–H and O–H groups in total. The van der Waals surface area contributed by atoms with Gasteiger partial charge in [0.2, 0.25) is 0 Å². The van der Waals surface area contributed by atoms with Crippen molar-refractivity contribution in [2.24, 2.45) is 5.92 Å². The van der Waals surface area contributed by atoms with E-state index < -0.39 is 18.2 Å². The van der Waals surface area contributed by atoms with Gasteiger partial charge < -0.3 is 26.0 Å². The summed E-state index contributed by atoms with van der Waals surface area (Å²) in [5.74, 6) is 0.397. The highest BCUT2D eigenvalue weighted by Crippen LogP contribution is 2.25. The summed E-state index contributed by atoms with van der Waals surface area (Å²) in [5, 5.41) is 22.5. The van der Waals surface area contributed by atoms with Gasteiger partial charge in [-0.05, 0) is 67.0 Å². The molecule has 8 heteroatoms. The number of carbonyl (C=O) groups is 1. The molecule has 0 bridgehead atoms. The van der Waals surface area contributed by atoms with E-state index in [4.69, 9.17) is 10.5 Å². The molecule has 2 atom stereocenters. The minimum Gasteiger partial charge on any atom is -0.465 e. The van der Waals surface area contributed by atoms with E-state index in [1.54, 1.807) is 0 Å². The Kier molecular flexibility index (Phi) is 12.1. The molecule has 1 aliphatic rings. The van der Waals surface area contributed by atoms with Crippen LogP contribution in [0.5, 0.6) is 0 Å². The lowest BCUT2D eigenvalue weighted by Crippen LogP contribution is -2.48. The Balaban J connectivity index is 0.000000678. The number of carboxylic acid groups (broad SMARTS) is 1. The second kappa shape index (κ2) is 14.8. The summed E-state index contributed by atoms with van der Waals surface area (Å²) in [7, 11) is 0. The molecule has 1 heterocycles. The lowest BCUT2D eigenvalue weighted by molar-refractivity contribution is 0.101. The van der Waals surface area contributed by atoms with Gasteiger partial charge in [0.15, 0.2) is 0 Å². The van der Waals surface area contributed by atoms with Crippen molar-refractivity contribution in [3.8, 4) is 0 Å². The number of ether oxygens (including phenoxy) is 1. The Morgan fingerprint density at radius 2 is 1.73 bits per heavy atom. The fourth-order valence-electron chi connectivity index (χ4n) is 3.39. The molecular formula is C25H37N3O4S. The standard InChI is InChI=1S/C21H29N3O3S.C4H8O/c1-15(2)13-24(28-18-10-8-17(22)9-11-18)14-20(25)19(23-21(26)27)12-16-6-4-3-5-7-16;1-2-4-5-3-1/h3-11,15,19-20,23,25H,12-14,22H2,1-2H3,(H,26,27);1-4H2. The number of hydrogen-bond acceptors (Lipinski definition) is 6. The van der Waals surface area contributed by atoms with E-state index in [0.29, 0.717) is 24.6 Å². The van der Waals surface area contributed by atoms with Crippen LogP contribution in [0.2, 0.25) is 0 Å². The summed E-state index contributed by atoms with van der Waals surface area (Å²) in [6.07, 6.45) is 0.994. The molecule has 2 unspecified atom stereocenters. The molecule has 0 radical (unpaired) electrons. The molecule has 0 aromatic heterocycles. The first-order chi connectivity index (χ1) is 15.8. The van der Waals surface area contributed by atoms with Crippen LogP contribution in [0.1, 0.15) is 32.3 Å². The number of amides is 1. The number of aliphatic hydroxyl groups is 1. The Bertz CT molecular complexity index is 793. The van der Waals surface area contributed by atoms with Gasteiger partial charge in [0.05, 0.1) is 12.1 Å². The van der Waals surface area contributed by atoms with Gasteiger partial charge in [-0.1, -0.05) is 44.2 Å². The average molecular weight is 476 g/mol. The number of aliphatic hydroxyl groups excluding tert-OH is 1. The first kappa shape index (κ1) is 27.0.